The maximum Gasteiger partial charge on any atom is 0.287 e. The van der Waals surface area contributed by atoms with Crippen LogP contribution in [0.3, 0.4) is 0 Å². The Bertz CT molecular complexity index is 610. The molecule has 1 aromatic carbocycles. The average Bonchev–Trinajstić information content (AvgIpc) is 2.54. The van der Waals surface area contributed by atoms with Crippen LogP contribution >= 0.6 is 28.3 Å². The van der Waals surface area contributed by atoms with Gasteiger partial charge in [0.05, 0.1) is 16.6 Å². The van der Waals surface area contributed by atoms with Crippen molar-refractivity contribution in [2.75, 3.05) is 26.7 Å². The summed E-state index contributed by atoms with van der Waals surface area (Å²) >= 11 is 3.07. The predicted molar refractivity (Wildman–Crippen MR) is 95.2 cm³/mol. The van der Waals surface area contributed by atoms with Gasteiger partial charge < -0.3 is 10.2 Å². The third kappa shape index (κ3) is 4.87. The lowest BCUT2D eigenvalue weighted by molar-refractivity contribution is -0.385. The topological polar surface area (TPSA) is 75.5 Å². The van der Waals surface area contributed by atoms with Crippen LogP contribution in [0.2, 0.25) is 0 Å². The van der Waals surface area contributed by atoms with E-state index in [0.717, 1.165) is 37.9 Å². The Morgan fingerprint density at radius 1 is 1.46 bits per heavy atom. The molecule has 1 N–H and O–H groups in total. The fourth-order valence-corrected chi connectivity index (χ4v) is 3.35. The SMILES string of the molecule is CNCCC1CCN(C(=O)c2cc(F)cc([N+](=O)[O-])c2Br)CC1.Cl. The lowest BCUT2D eigenvalue weighted by atomic mass is 9.93. The minimum absolute atomic E-state index is 0. The zero-order chi connectivity index (χ0) is 17.0. The number of amides is 1. The Morgan fingerprint density at radius 3 is 2.62 bits per heavy atom. The predicted octanol–water partition coefficient (Wildman–Crippen LogP) is 3.38. The van der Waals surface area contributed by atoms with Gasteiger partial charge in [0.25, 0.3) is 11.6 Å². The highest BCUT2D eigenvalue weighted by Gasteiger charge is 2.28. The number of nitrogens with zero attached hydrogens (tertiary/aromatic N) is 2. The second-order valence-corrected chi connectivity index (χ2v) is 6.46. The number of benzene rings is 1. The summed E-state index contributed by atoms with van der Waals surface area (Å²) in [5.74, 6) is -0.588. The monoisotopic (exact) mass is 423 g/mol. The van der Waals surface area contributed by atoms with Crippen LogP contribution in [0.5, 0.6) is 0 Å². The van der Waals surface area contributed by atoms with Crippen LogP contribution in [0.4, 0.5) is 10.1 Å². The molecule has 1 amide bonds. The minimum Gasteiger partial charge on any atom is -0.339 e. The highest BCUT2D eigenvalue weighted by Crippen LogP contribution is 2.31. The molecule has 0 aromatic heterocycles. The molecule has 0 saturated carbocycles. The Morgan fingerprint density at radius 2 is 2.08 bits per heavy atom. The Balaban J connectivity index is 0.00000288. The van der Waals surface area contributed by atoms with Crippen LogP contribution in [0.25, 0.3) is 0 Å². The molecule has 9 heteroatoms. The average molecular weight is 425 g/mol. The summed E-state index contributed by atoms with van der Waals surface area (Å²) in [5, 5.41) is 14.1. The summed E-state index contributed by atoms with van der Waals surface area (Å²) in [6, 6.07) is 1.86. The molecule has 1 saturated heterocycles. The summed E-state index contributed by atoms with van der Waals surface area (Å²) in [6.45, 7) is 2.12. The van der Waals surface area contributed by atoms with Crippen molar-refractivity contribution in [3.8, 4) is 0 Å². The molecule has 0 aliphatic carbocycles. The number of nitro benzene ring substituents is 1. The minimum atomic E-state index is -0.785. The first-order valence-electron chi connectivity index (χ1n) is 7.51. The molecule has 0 unspecified atom stereocenters. The number of halogens is 3. The first-order chi connectivity index (χ1) is 10.9. The summed E-state index contributed by atoms with van der Waals surface area (Å²) in [5.41, 5.74) is -0.428. The maximum atomic E-state index is 13.6. The van der Waals surface area contributed by atoms with Crippen LogP contribution in [0.1, 0.15) is 29.6 Å². The second kappa shape index (κ2) is 9.29. The Kier molecular flexibility index (Phi) is 8.05. The van der Waals surface area contributed by atoms with Gasteiger partial charge in [0.15, 0.2) is 0 Å². The first kappa shape index (κ1) is 20.8. The number of hydrogen-bond acceptors (Lipinski definition) is 4. The van der Waals surface area contributed by atoms with Crippen LogP contribution in [-0.2, 0) is 0 Å². The van der Waals surface area contributed by atoms with Gasteiger partial charge in [0.2, 0.25) is 0 Å². The molecule has 6 nitrogen and oxygen atoms in total. The van der Waals surface area contributed by atoms with E-state index in [2.05, 4.69) is 21.2 Å². The van der Waals surface area contributed by atoms with Crippen LogP contribution < -0.4 is 5.32 Å². The number of likely N-dealkylation sites (tertiary alicyclic amines) is 1. The highest BCUT2D eigenvalue weighted by atomic mass is 79.9. The van der Waals surface area contributed by atoms with E-state index in [1.165, 1.54) is 0 Å². The normalized spacial score (nSPS) is 15.0. The Hall–Kier alpha value is -1.25. The van der Waals surface area contributed by atoms with E-state index >= 15 is 0 Å². The molecule has 134 valence electrons. The summed E-state index contributed by atoms with van der Waals surface area (Å²) < 4.78 is 13.6. The number of carbonyl (C=O) groups excluding carboxylic acids is 1. The molecule has 1 aliphatic heterocycles. The summed E-state index contributed by atoms with van der Waals surface area (Å²) in [6.07, 6.45) is 2.85. The van der Waals surface area contributed by atoms with Gasteiger partial charge in [-0.25, -0.2) is 4.39 Å². The largest absolute Gasteiger partial charge is 0.339 e. The molecule has 1 fully saturated rings. The van der Waals surface area contributed by atoms with Crippen LogP contribution in [0, 0.1) is 21.8 Å². The molecule has 0 atom stereocenters. The highest BCUT2D eigenvalue weighted by molar-refractivity contribution is 9.10. The van der Waals surface area contributed by atoms with Gasteiger partial charge >= 0.3 is 0 Å². The smallest absolute Gasteiger partial charge is 0.287 e. The molecule has 0 spiro atoms. The third-order valence-electron chi connectivity index (χ3n) is 4.15. The van der Waals surface area contributed by atoms with Gasteiger partial charge in [-0.15, -0.1) is 12.4 Å². The van der Waals surface area contributed by atoms with Crippen molar-refractivity contribution < 1.29 is 14.1 Å². The van der Waals surface area contributed by atoms with E-state index in [1.54, 1.807) is 4.90 Å². The van der Waals surface area contributed by atoms with Crippen molar-refractivity contribution in [3.05, 3.63) is 38.1 Å². The molecule has 1 aliphatic rings. The molecular formula is C15H20BrClFN3O3. The van der Waals surface area contributed by atoms with E-state index in [9.17, 15) is 19.3 Å². The fraction of sp³-hybridized carbons (Fsp3) is 0.533. The zero-order valence-electron chi connectivity index (χ0n) is 13.3. The molecule has 1 heterocycles. The molecule has 0 bridgehead atoms. The van der Waals surface area contributed by atoms with E-state index in [-0.39, 0.29) is 28.4 Å². The van der Waals surface area contributed by atoms with Crippen LogP contribution in [-0.4, -0.2) is 42.4 Å². The number of piperidine rings is 1. The summed E-state index contributed by atoms with van der Waals surface area (Å²) in [4.78, 5) is 24.4. The number of nitrogens with one attached hydrogen (secondary N) is 1. The molecule has 1 aromatic rings. The first-order valence-corrected chi connectivity index (χ1v) is 8.30. The molecular weight excluding hydrogens is 405 g/mol. The maximum absolute atomic E-state index is 13.6. The molecule has 2 rings (SSSR count). The standard InChI is InChI=1S/C15H19BrFN3O3.ClH/c1-18-5-2-10-3-6-19(7-4-10)15(21)12-8-11(17)9-13(14(12)16)20(22)23;/h8-10,18H,2-7H2,1H3;1H. The second-order valence-electron chi connectivity index (χ2n) is 5.67. The van der Waals surface area contributed by atoms with Crippen molar-refractivity contribution in [2.24, 2.45) is 5.92 Å². The fourth-order valence-electron chi connectivity index (χ4n) is 2.81. The van der Waals surface area contributed by atoms with Crippen molar-refractivity contribution in [1.29, 1.82) is 0 Å². The van der Waals surface area contributed by atoms with E-state index < -0.39 is 16.4 Å². The molecule has 0 radical (unpaired) electrons. The van der Waals surface area contributed by atoms with Gasteiger partial charge in [-0.05, 0) is 60.8 Å². The van der Waals surface area contributed by atoms with Crippen LogP contribution in [0.15, 0.2) is 16.6 Å². The van der Waals surface area contributed by atoms with Crippen molar-refractivity contribution in [2.45, 2.75) is 19.3 Å². The van der Waals surface area contributed by atoms with Crippen molar-refractivity contribution in [3.63, 3.8) is 0 Å². The Labute approximate surface area is 154 Å². The number of rotatable bonds is 5. The quantitative estimate of drug-likeness (QED) is 0.581. The lowest BCUT2D eigenvalue weighted by Crippen LogP contribution is -2.39. The third-order valence-corrected chi connectivity index (χ3v) is 4.98. The van der Waals surface area contributed by atoms with E-state index in [1.807, 2.05) is 7.05 Å². The van der Waals surface area contributed by atoms with Crippen molar-refractivity contribution >= 4 is 39.9 Å². The molecule has 24 heavy (non-hydrogen) atoms. The van der Waals surface area contributed by atoms with E-state index in [0.29, 0.717) is 19.0 Å². The number of hydrogen-bond donors (Lipinski definition) is 1. The van der Waals surface area contributed by atoms with Gasteiger partial charge in [-0.1, -0.05) is 0 Å². The van der Waals surface area contributed by atoms with Gasteiger partial charge in [0.1, 0.15) is 10.3 Å². The number of nitro groups is 1. The lowest BCUT2D eigenvalue weighted by Gasteiger charge is -2.32. The van der Waals surface area contributed by atoms with Gasteiger partial charge in [0, 0.05) is 13.1 Å². The zero-order valence-corrected chi connectivity index (χ0v) is 15.7. The van der Waals surface area contributed by atoms with Gasteiger partial charge in [-0.2, -0.15) is 0 Å². The van der Waals surface area contributed by atoms with Gasteiger partial charge in [-0.3, -0.25) is 14.9 Å². The summed E-state index contributed by atoms with van der Waals surface area (Å²) in [7, 11) is 1.91. The van der Waals surface area contributed by atoms with E-state index in [4.69, 9.17) is 0 Å². The van der Waals surface area contributed by atoms with Crippen molar-refractivity contribution in [1.82, 2.24) is 10.2 Å². The number of carbonyl (C=O) groups is 1.